The lowest BCUT2D eigenvalue weighted by Crippen LogP contribution is -2.34. The van der Waals surface area contributed by atoms with Crippen molar-refractivity contribution in [1.82, 2.24) is 9.88 Å². The lowest BCUT2D eigenvalue weighted by Gasteiger charge is -2.21. The number of hydrogen-bond donors (Lipinski definition) is 2. The number of rotatable bonds is 1. The number of amides is 1. The molecular weight excluding hydrogens is 248 g/mol. The first-order valence-corrected chi connectivity index (χ1v) is 5.89. The van der Waals surface area contributed by atoms with Crippen LogP contribution in [0.2, 0.25) is 0 Å². The standard InChI is InChI=1S/C13H12N2O4/c16-9-3-1-8(2-4-9)12-14-10-7-15(13(17)18)6-5-11(10)19-12/h1-4,16H,5-7H2,(H,17,18). The SMILES string of the molecule is O=C(O)N1CCc2oc(-c3ccc(O)cc3)nc2C1. The van der Waals surface area contributed by atoms with Crippen LogP contribution in [-0.2, 0) is 13.0 Å². The number of phenolic OH excluding ortho intramolecular Hbond substituents is 1. The number of benzene rings is 1. The van der Waals surface area contributed by atoms with E-state index in [0.29, 0.717) is 24.6 Å². The zero-order valence-electron chi connectivity index (χ0n) is 10.0. The smallest absolute Gasteiger partial charge is 0.407 e. The van der Waals surface area contributed by atoms with Crippen molar-refractivity contribution in [2.45, 2.75) is 13.0 Å². The maximum atomic E-state index is 10.9. The van der Waals surface area contributed by atoms with Gasteiger partial charge in [0.15, 0.2) is 0 Å². The van der Waals surface area contributed by atoms with Crippen molar-refractivity contribution in [2.75, 3.05) is 6.54 Å². The van der Waals surface area contributed by atoms with Crippen LogP contribution in [0, 0.1) is 0 Å². The Labute approximate surface area is 108 Å². The molecule has 0 aliphatic carbocycles. The van der Waals surface area contributed by atoms with Crippen LogP contribution < -0.4 is 0 Å². The van der Waals surface area contributed by atoms with Gasteiger partial charge in [0, 0.05) is 18.5 Å². The van der Waals surface area contributed by atoms with E-state index in [4.69, 9.17) is 9.52 Å². The fraction of sp³-hybridized carbons (Fsp3) is 0.231. The predicted molar refractivity (Wildman–Crippen MR) is 65.7 cm³/mol. The van der Waals surface area contributed by atoms with Gasteiger partial charge < -0.3 is 19.5 Å². The van der Waals surface area contributed by atoms with Crippen LogP contribution in [0.15, 0.2) is 28.7 Å². The average Bonchev–Trinajstić information content (AvgIpc) is 2.82. The summed E-state index contributed by atoms with van der Waals surface area (Å²) in [5.41, 5.74) is 1.42. The molecule has 1 aliphatic rings. The van der Waals surface area contributed by atoms with Crippen LogP contribution in [0.3, 0.4) is 0 Å². The Morgan fingerprint density at radius 3 is 2.74 bits per heavy atom. The monoisotopic (exact) mass is 260 g/mol. The maximum Gasteiger partial charge on any atom is 0.407 e. The molecule has 0 bridgehead atoms. The second-order valence-electron chi connectivity index (χ2n) is 4.39. The van der Waals surface area contributed by atoms with Crippen LogP contribution in [-0.4, -0.2) is 32.7 Å². The molecule has 2 heterocycles. The zero-order valence-corrected chi connectivity index (χ0v) is 10.0. The number of aromatic nitrogens is 1. The summed E-state index contributed by atoms with van der Waals surface area (Å²) >= 11 is 0. The van der Waals surface area contributed by atoms with Crippen molar-refractivity contribution in [3.8, 4) is 17.2 Å². The van der Waals surface area contributed by atoms with Crippen molar-refractivity contribution in [2.24, 2.45) is 0 Å². The third-order valence-corrected chi connectivity index (χ3v) is 3.11. The molecule has 0 unspecified atom stereocenters. The summed E-state index contributed by atoms with van der Waals surface area (Å²) in [6.07, 6.45) is -0.410. The summed E-state index contributed by atoms with van der Waals surface area (Å²) < 4.78 is 5.65. The Hall–Kier alpha value is -2.50. The van der Waals surface area contributed by atoms with E-state index in [0.717, 1.165) is 11.3 Å². The van der Waals surface area contributed by atoms with Crippen molar-refractivity contribution in [3.63, 3.8) is 0 Å². The number of fused-ring (bicyclic) bond motifs is 1. The second-order valence-corrected chi connectivity index (χ2v) is 4.39. The van der Waals surface area contributed by atoms with Crippen LogP contribution in [0.5, 0.6) is 5.75 Å². The summed E-state index contributed by atoms with van der Waals surface area (Å²) in [6.45, 7) is 0.679. The number of phenols is 1. The molecule has 1 aromatic carbocycles. The highest BCUT2D eigenvalue weighted by atomic mass is 16.4. The summed E-state index contributed by atoms with van der Waals surface area (Å²) in [7, 11) is 0. The normalized spacial score (nSPS) is 14.2. The number of nitrogens with zero attached hydrogens (tertiary/aromatic N) is 2. The average molecular weight is 260 g/mol. The van der Waals surface area contributed by atoms with Gasteiger partial charge in [0.25, 0.3) is 0 Å². The van der Waals surface area contributed by atoms with E-state index in [-0.39, 0.29) is 12.3 Å². The molecule has 1 aromatic heterocycles. The molecule has 1 aliphatic heterocycles. The number of aromatic hydroxyl groups is 1. The molecule has 0 radical (unpaired) electrons. The van der Waals surface area contributed by atoms with E-state index in [2.05, 4.69) is 4.98 Å². The van der Waals surface area contributed by atoms with Gasteiger partial charge in [0.1, 0.15) is 17.2 Å². The minimum absolute atomic E-state index is 0.178. The fourth-order valence-electron chi connectivity index (χ4n) is 2.09. The molecule has 98 valence electrons. The van der Waals surface area contributed by atoms with Gasteiger partial charge in [-0.25, -0.2) is 9.78 Å². The maximum absolute atomic E-state index is 10.9. The molecule has 0 atom stereocenters. The quantitative estimate of drug-likeness (QED) is 0.819. The van der Waals surface area contributed by atoms with Gasteiger partial charge >= 0.3 is 6.09 Å². The second kappa shape index (κ2) is 4.31. The Kier molecular flexibility index (Phi) is 2.63. The zero-order chi connectivity index (χ0) is 13.4. The Morgan fingerprint density at radius 2 is 2.05 bits per heavy atom. The van der Waals surface area contributed by atoms with Crippen molar-refractivity contribution in [1.29, 1.82) is 0 Å². The Balaban J connectivity index is 1.91. The minimum Gasteiger partial charge on any atom is -0.508 e. The van der Waals surface area contributed by atoms with Crippen LogP contribution >= 0.6 is 0 Å². The molecule has 6 nitrogen and oxygen atoms in total. The molecule has 2 N–H and O–H groups in total. The molecule has 0 saturated heterocycles. The Morgan fingerprint density at radius 1 is 1.32 bits per heavy atom. The van der Waals surface area contributed by atoms with Crippen molar-refractivity contribution >= 4 is 6.09 Å². The highest BCUT2D eigenvalue weighted by Crippen LogP contribution is 2.27. The lowest BCUT2D eigenvalue weighted by atomic mass is 10.2. The van der Waals surface area contributed by atoms with E-state index in [1.54, 1.807) is 24.3 Å². The fourth-order valence-corrected chi connectivity index (χ4v) is 2.09. The van der Waals surface area contributed by atoms with E-state index in [9.17, 15) is 9.90 Å². The predicted octanol–water partition coefficient (Wildman–Crippen LogP) is 2.08. The van der Waals surface area contributed by atoms with Crippen LogP contribution in [0.1, 0.15) is 11.5 Å². The first-order valence-electron chi connectivity index (χ1n) is 5.89. The van der Waals surface area contributed by atoms with Gasteiger partial charge in [-0.05, 0) is 24.3 Å². The van der Waals surface area contributed by atoms with Crippen molar-refractivity contribution in [3.05, 3.63) is 35.7 Å². The highest BCUT2D eigenvalue weighted by Gasteiger charge is 2.25. The van der Waals surface area contributed by atoms with Crippen molar-refractivity contribution < 1.29 is 19.4 Å². The van der Waals surface area contributed by atoms with E-state index >= 15 is 0 Å². The molecular formula is C13H12N2O4. The lowest BCUT2D eigenvalue weighted by molar-refractivity contribution is 0.137. The first kappa shape index (κ1) is 11.6. The first-order chi connectivity index (χ1) is 9.13. The van der Waals surface area contributed by atoms with Crippen LogP contribution in [0.25, 0.3) is 11.5 Å². The largest absolute Gasteiger partial charge is 0.508 e. The highest BCUT2D eigenvalue weighted by molar-refractivity contribution is 5.65. The van der Waals surface area contributed by atoms with Crippen LogP contribution in [0.4, 0.5) is 4.79 Å². The van der Waals surface area contributed by atoms with E-state index in [1.165, 1.54) is 4.90 Å². The topological polar surface area (TPSA) is 86.8 Å². The number of oxazole rings is 1. The summed E-state index contributed by atoms with van der Waals surface area (Å²) in [6, 6.07) is 6.54. The number of carbonyl (C=O) groups is 1. The van der Waals surface area contributed by atoms with Gasteiger partial charge in [-0.2, -0.15) is 0 Å². The van der Waals surface area contributed by atoms with E-state index in [1.807, 2.05) is 0 Å². The van der Waals surface area contributed by atoms with Gasteiger partial charge in [-0.15, -0.1) is 0 Å². The molecule has 0 fully saturated rings. The molecule has 0 saturated carbocycles. The molecule has 3 rings (SSSR count). The van der Waals surface area contributed by atoms with Gasteiger partial charge in [0.05, 0.1) is 6.54 Å². The third-order valence-electron chi connectivity index (χ3n) is 3.11. The molecule has 0 spiro atoms. The molecule has 19 heavy (non-hydrogen) atoms. The summed E-state index contributed by atoms with van der Waals surface area (Å²) in [5.74, 6) is 1.37. The minimum atomic E-state index is -0.945. The van der Waals surface area contributed by atoms with Gasteiger partial charge in [-0.3, -0.25) is 0 Å². The van der Waals surface area contributed by atoms with Gasteiger partial charge in [0.2, 0.25) is 5.89 Å². The summed E-state index contributed by atoms with van der Waals surface area (Å²) in [5, 5.41) is 18.2. The Bertz CT molecular complexity index is 618. The number of carboxylic acid groups (broad SMARTS) is 1. The molecule has 2 aromatic rings. The summed E-state index contributed by atoms with van der Waals surface area (Å²) in [4.78, 5) is 16.6. The van der Waals surface area contributed by atoms with Gasteiger partial charge in [-0.1, -0.05) is 0 Å². The number of hydrogen-bond acceptors (Lipinski definition) is 4. The molecule has 6 heteroatoms. The third kappa shape index (κ3) is 2.12. The van der Waals surface area contributed by atoms with E-state index < -0.39 is 6.09 Å². The molecule has 1 amide bonds.